The van der Waals surface area contributed by atoms with Gasteiger partial charge in [0.1, 0.15) is 5.82 Å². The molecule has 0 bridgehead atoms. The highest BCUT2D eigenvalue weighted by atomic mass is 32.2. The minimum atomic E-state index is 0.156. The number of carbonyl (C=O) groups is 1. The minimum absolute atomic E-state index is 0.156. The molecule has 1 fully saturated rings. The van der Waals surface area contributed by atoms with E-state index in [1.54, 1.807) is 11.8 Å². The number of hydrogen-bond donors (Lipinski definition) is 0. The zero-order valence-corrected chi connectivity index (χ0v) is 14.5. The van der Waals surface area contributed by atoms with Crippen molar-refractivity contribution in [3.05, 3.63) is 41.2 Å². The summed E-state index contributed by atoms with van der Waals surface area (Å²) in [4.78, 5) is 14.3. The molecule has 1 aromatic carbocycles. The Bertz CT molecular complexity index is 674. The van der Waals surface area contributed by atoms with Gasteiger partial charge in [0.15, 0.2) is 5.16 Å². The first-order valence-corrected chi connectivity index (χ1v) is 9.08. The lowest BCUT2D eigenvalue weighted by molar-refractivity contribution is 0.0793. The first kappa shape index (κ1) is 16.1. The van der Waals surface area contributed by atoms with E-state index in [1.807, 2.05) is 36.1 Å². The average Bonchev–Trinajstić information content (AvgIpc) is 3.22. The second kappa shape index (κ2) is 7.17. The van der Waals surface area contributed by atoms with Crippen molar-refractivity contribution in [2.45, 2.75) is 44.1 Å². The van der Waals surface area contributed by atoms with Crippen LogP contribution >= 0.6 is 11.8 Å². The number of carbonyl (C=O) groups excluding carboxylic acids is 1. The Hall–Kier alpha value is -1.82. The van der Waals surface area contributed by atoms with Crippen LogP contribution < -0.4 is 0 Å². The Kier molecular flexibility index (Phi) is 5.00. The molecule has 0 N–H and O–H groups in total. The summed E-state index contributed by atoms with van der Waals surface area (Å²) >= 11 is 1.68. The Labute approximate surface area is 141 Å². The number of likely N-dealkylation sites (tertiary alicyclic amines) is 1. The fourth-order valence-electron chi connectivity index (χ4n) is 2.83. The summed E-state index contributed by atoms with van der Waals surface area (Å²) in [6, 6.07) is 7.95. The second-order valence-electron chi connectivity index (χ2n) is 5.76. The summed E-state index contributed by atoms with van der Waals surface area (Å²) in [5.41, 5.74) is 1.98. The van der Waals surface area contributed by atoms with Crippen LogP contribution in [-0.4, -0.2) is 38.7 Å². The third-order valence-electron chi connectivity index (χ3n) is 4.18. The lowest BCUT2D eigenvalue weighted by atomic mass is 10.1. The van der Waals surface area contributed by atoms with Gasteiger partial charge in [-0.05, 0) is 44.4 Å². The maximum Gasteiger partial charge on any atom is 0.253 e. The summed E-state index contributed by atoms with van der Waals surface area (Å²) < 4.78 is 2.11. The molecular formula is C17H22N4OS. The third kappa shape index (κ3) is 3.58. The zero-order valence-electron chi connectivity index (χ0n) is 13.7. The predicted molar refractivity (Wildman–Crippen MR) is 91.6 cm³/mol. The zero-order chi connectivity index (χ0) is 16.2. The van der Waals surface area contributed by atoms with Crippen molar-refractivity contribution >= 4 is 17.7 Å². The van der Waals surface area contributed by atoms with Gasteiger partial charge < -0.3 is 9.47 Å². The molecule has 5 nitrogen and oxygen atoms in total. The summed E-state index contributed by atoms with van der Waals surface area (Å²) in [5, 5.41) is 9.28. The molecule has 1 amide bonds. The number of benzene rings is 1. The number of rotatable bonds is 5. The van der Waals surface area contributed by atoms with Crippen LogP contribution in [-0.2, 0) is 12.3 Å². The molecule has 3 rings (SSSR count). The van der Waals surface area contributed by atoms with Crippen LogP contribution in [0.1, 0.15) is 41.5 Å². The van der Waals surface area contributed by atoms with E-state index in [2.05, 4.69) is 21.7 Å². The maximum atomic E-state index is 12.3. The normalized spacial score (nSPS) is 14.4. The Balaban J connectivity index is 1.62. The Morgan fingerprint density at radius 3 is 2.52 bits per heavy atom. The van der Waals surface area contributed by atoms with Gasteiger partial charge in [-0.3, -0.25) is 4.79 Å². The summed E-state index contributed by atoms with van der Waals surface area (Å²) in [6.07, 6.45) is 2.25. The topological polar surface area (TPSA) is 51.0 Å². The van der Waals surface area contributed by atoms with Crippen LogP contribution in [0.25, 0.3) is 0 Å². The fourth-order valence-corrected chi connectivity index (χ4v) is 3.83. The number of amides is 1. The smallest absolute Gasteiger partial charge is 0.253 e. The van der Waals surface area contributed by atoms with E-state index >= 15 is 0 Å². The molecule has 1 saturated heterocycles. The highest BCUT2D eigenvalue weighted by Gasteiger charge is 2.19. The molecule has 6 heteroatoms. The van der Waals surface area contributed by atoms with Gasteiger partial charge in [-0.2, -0.15) is 0 Å². The number of nitrogens with zero attached hydrogens (tertiary/aromatic N) is 4. The third-order valence-corrected chi connectivity index (χ3v) is 5.22. The van der Waals surface area contributed by atoms with E-state index in [4.69, 9.17) is 0 Å². The van der Waals surface area contributed by atoms with Gasteiger partial charge in [-0.25, -0.2) is 0 Å². The molecule has 1 aliphatic heterocycles. The molecular weight excluding hydrogens is 308 g/mol. The maximum absolute atomic E-state index is 12.3. The molecule has 122 valence electrons. The standard InChI is InChI=1S/C17H22N4OS/c1-3-21-13(2)18-19-17(21)23-12-14-6-8-15(9-7-14)16(22)20-10-4-5-11-20/h6-9H,3-5,10-12H2,1-2H3. The number of thioether (sulfide) groups is 1. The fraction of sp³-hybridized carbons (Fsp3) is 0.471. The van der Waals surface area contributed by atoms with Crippen LogP contribution in [0.15, 0.2) is 29.4 Å². The van der Waals surface area contributed by atoms with Crippen molar-refractivity contribution in [2.24, 2.45) is 0 Å². The number of aryl methyl sites for hydroxylation is 1. The van der Waals surface area contributed by atoms with Gasteiger partial charge in [-0.1, -0.05) is 23.9 Å². The van der Waals surface area contributed by atoms with Crippen LogP contribution in [0.4, 0.5) is 0 Å². The highest BCUT2D eigenvalue weighted by Crippen LogP contribution is 2.22. The van der Waals surface area contributed by atoms with Gasteiger partial charge in [0.05, 0.1) is 0 Å². The molecule has 0 unspecified atom stereocenters. The first-order valence-electron chi connectivity index (χ1n) is 8.10. The Morgan fingerprint density at radius 2 is 1.87 bits per heavy atom. The largest absolute Gasteiger partial charge is 0.339 e. The van der Waals surface area contributed by atoms with E-state index in [9.17, 15) is 4.79 Å². The number of aromatic nitrogens is 3. The summed E-state index contributed by atoms with van der Waals surface area (Å²) in [7, 11) is 0. The van der Waals surface area contributed by atoms with Crippen LogP contribution in [0.2, 0.25) is 0 Å². The predicted octanol–water partition coefficient (Wildman–Crippen LogP) is 3.13. The van der Waals surface area contributed by atoms with Crippen molar-refractivity contribution in [1.29, 1.82) is 0 Å². The summed E-state index contributed by atoms with van der Waals surface area (Å²) in [5.74, 6) is 1.93. The van der Waals surface area contributed by atoms with Crippen molar-refractivity contribution in [3.63, 3.8) is 0 Å². The molecule has 1 aromatic heterocycles. The molecule has 0 atom stereocenters. The SMILES string of the molecule is CCn1c(C)nnc1SCc1ccc(C(=O)N2CCCC2)cc1. The van der Waals surface area contributed by atoms with Gasteiger partial charge >= 0.3 is 0 Å². The summed E-state index contributed by atoms with van der Waals surface area (Å²) in [6.45, 7) is 6.73. The van der Waals surface area contributed by atoms with Crippen molar-refractivity contribution in [3.8, 4) is 0 Å². The molecule has 0 aliphatic carbocycles. The number of hydrogen-bond acceptors (Lipinski definition) is 4. The molecule has 1 aliphatic rings. The quantitative estimate of drug-likeness (QED) is 0.790. The molecule has 2 heterocycles. The lowest BCUT2D eigenvalue weighted by Gasteiger charge is -2.15. The molecule has 0 spiro atoms. The van der Waals surface area contributed by atoms with Gasteiger partial charge in [-0.15, -0.1) is 10.2 Å². The highest BCUT2D eigenvalue weighted by molar-refractivity contribution is 7.98. The van der Waals surface area contributed by atoms with E-state index in [-0.39, 0.29) is 5.91 Å². The van der Waals surface area contributed by atoms with E-state index < -0.39 is 0 Å². The average molecular weight is 330 g/mol. The molecule has 2 aromatic rings. The van der Waals surface area contributed by atoms with Crippen molar-refractivity contribution in [1.82, 2.24) is 19.7 Å². The van der Waals surface area contributed by atoms with Crippen molar-refractivity contribution in [2.75, 3.05) is 13.1 Å². The monoisotopic (exact) mass is 330 g/mol. The lowest BCUT2D eigenvalue weighted by Crippen LogP contribution is -2.27. The molecule has 0 saturated carbocycles. The van der Waals surface area contributed by atoms with Crippen LogP contribution in [0.3, 0.4) is 0 Å². The second-order valence-corrected chi connectivity index (χ2v) is 6.70. The van der Waals surface area contributed by atoms with Gasteiger partial charge in [0, 0.05) is 31.0 Å². The minimum Gasteiger partial charge on any atom is -0.339 e. The van der Waals surface area contributed by atoms with Crippen LogP contribution in [0, 0.1) is 6.92 Å². The van der Waals surface area contributed by atoms with Crippen LogP contribution in [0.5, 0.6) is 0 Å². The van der Waals surface area contributed by atoms with Gasteiger partial charge in [0.2, 0.25) is 0 Å². The Morgan fingerprint density at radius 1 is 1.17 bits per heavy atom. The van der Waals surface area contributed by atoms with Crippen molar-refractivity contribution < 1.29 is 4.79 Å². The molecule has 0 radical (unpaired) electrons. The van der Waals surface area contributed by atoms with Gasteiger partial charge in [0.25, 0.3) is 5.91 Å². The van der Waals surface area contributed by atoms with E-state index in [1.165, 1.54) is 5.56 Å². The first-order chi connectivity index (χ1) is 11.2. The molecule has 23 heavy (non-hydrogen) atoms. The van der Waals surface area contributed by atoms with E-state index in [0.29, 0.717) is 0 Å². The van der Waals surface area contributed by atoms with E-state index in [0.717, 1.165) is 54.8 Å².